The molecule has 18 heavy (non-hydrogen) atoms. The van der Waals surface area contributed by atoms with Gasteiger partial charge in [0.2, 0.25) is 0 Å². The van der Waals surface area contributed by atoms with Crippen LogP contribution in [0.3, 0.4) is 0 Å². The second-order valence-electron chi connectivity index (χ2n) is 4.50. The zero-order valence-corrected chi connectivity index (χ0v) is 10.7. The van der Waals surface area contributed by atoms with Crippen LogP contribution in [0, 0.1) is 25.2 Å². The van der Waals surface area contributed by atoms with Crippen LogP contribution in [0.25, 0.3) is 0 Å². The van der Waals surface area contributed by atoms with E-state index in [1.807, 2.05) is 25.1 Å². The maximum atomic E-state index is 9.05. The molecule has 0 aliphatic carbocycles. The van der Waals surface area contributed by atoms with E-state index >= 15 is 0 Å². The van der Waals surface area contributed by atoms with Gasteiger partial charge in [-0.05, 0) is 37.1 Å². The van der Waals surface area contributed by atoms with E-state index in [1.54, 1.807) is 0 Å². The predicted molar refractivity (Wildman–Crippen MR) is 74.4 cm³/mol. The van der Waals surface area contributed by atoms with Gasteiger partial charge in [-0.2, -0.15) is 5.26 Å². The Morgan fingerprint density at radius 1 is 1.00 bits per heavy atom. The lowest BCUT2D eigenvalue weighted by Crippen LogP contribution is -2.01. The van der Waals surface area contributed by atoms with Crippen LogP contribution >= 0.6 is 0 Å². The molecule has 0 amide bonds. The SMILES string of the molecule is Cc1ccc(CNc2cc(C)ccc2C#N)cc1. The summed E-state index contributed by atoms with van der Waals surface area (Å²) in [5.41, 5.74) is 5.21. The number of benzene rings is 2. The summed E-state index contributed by atoms with van der Waals surface area (Å²) in [6, 6.07) is 16.4. The fourth-order valence-corrected chi connectivity index (χ4v) is 1.81. The van der Waals surface area contributed by atoms with E-state index in [4.69, 9.17) is 5.26 Å². The summed E-state index contributed by atoms with van der Waals surface area (Å²) in [5, 5.41) is 12.4. The topological polar surface area (TPSA) is 35.8 Å². The van der Waals surface area contributed by atoms with Crippen molar-refractivity contribution >= 4 is 5.69 Å². The minimum Gasteiger partial charge on any atom is -0.380 e. The number of aryl methyl sites for hydroxylation is 2. The average Bonchev–Trinajstić information content (AvgIpc) is 2.38. The monoisotopic (exact) mass is 236 g/mol. The van der Waals surface area contributed by atoms with Crippen LogP contribution in [0.4, 0.5) is 5.69 Å². The van der Waals surface area contributed by atoms with E-state index in [-0.39, 0.29) is 0 Å². The highest BCUT2D eigenvalue weighted by atomic mass is 14.9. The molecular formula is C16H16N2. The van der Waals surface area contributed by atoms with Gasteiger partial charge in [-0.25, -0.2) is 0 Å². The number of anilines is 1. The Balaban J connectivity index is 2.13. The summed E-state index contributed by atoms with van der Waals surface area (Å²) < 4.78 is 0. The molecule has 2 nitrogen and oxygen atoms in total. The summed E-state index contributed by atoms with van der Waals surface area (Å²) in [6.07, 6.45) is 0. The largest absolute Gasteiger partial charge is 0.380 e. The molecule has 0 aliphatic rings. The molecule has 0 radical (unpaired) electrons. The standard InChI is InChI=1S/C16H16N2/c1-12-3-6-14(7-4-12)11-18-16-9-13(2)5-8-15(16)10-17/h3-9,18H,11H2,1-2H3. The molecule has 2 aromatic rings. The lowest BCUT2D eigenvalue weighted by atomic mass is 10.1. The Morgan fingerprint density at radius 3 is 2.33 bits per heavy atom. The molecule has 0 aromatic heterocycles. The number of hydrogen-bond acceptors (Lipinski definition) is 2. The van der Waals surface area contributed by atoms with Gasteiger partial charge in [-0.3, -0.25) is 0 Å². The van der Waals surface area contributed by atoms with E-state index in [2.05, 4.69) is 42.6 Å². The van der Waals surface area contributed by atoms with Crippen molar-refractivity contribution in [2.75, 3.05) is 5.32 Å². The Labute approximate surface area is 108 Å². The second kappa shape index (κ2) is 5.37. The normalized spacial score (nSPS) is 9.83. The lowest BCUT2D eigenvalue weighted by Gasteiger charge is -2.09. The second-order valence-corrected chi connectivity index (χ2v) is 4.50. The molecule has 0 heterocycles. The van der Waals surface area contributed by atoms with E-state index in [1.165, 1.54) is 11.1 Å². The molecule has 2 rings (SSSR count). The number of nitriles is 1. The van der Waals surface area contributed by atoms with Crippen LogP contribution < -0.4 is 5.32 Å². The van der Waals surface area contributed by atoms with E-state index in [9.17, 15) is 0 Å². The first kappa shape index (κ1) is 12.2. The first-order chi connectivity index (χ1) is 8.69. The molecule has 0 atom stereocenters. The van der Waals surface area contributed by atoms with E-state index < -0.39 is 0 Å². The molecule has 2 heteroatoms. The third kappa shape index (κ3) is 2.89. The number of nitrogens with one attached hydrogen (secondary N) is 1. The van der Waals surface area contributed by atoms with Crippen molar-refractivity contribution in [2.45, 2.75) is 20.4 Å². The van der Waals surface area contributed by atoms with Crippen LogP contribution in [0.1, 0.15) is 22.3 Å². The third-order valence-electron chi connectivity index (χ3n) is 2.90. The van der Waals surface area contributed by atoms with Gasteiger partial charge in [-0.1, -0.05) is 35.9 Å². The molecule has 90 valence electrons. The molecule has 0 saturated heterocycles. The molecule has 0 fully saturated rings. The summed E-state index contributed by atoms with van der Waals surface area (Å²) in [7, 11) is 0. The van der Waals surface area contributed by atoms with Crippen LogP contribution in [-0.4, -0.2) is 0 Å². The van der Waals surface area contributed by atoms with Crippen LogP contribution in [0.15, 0.2) is 42.5 Å². The number of rotatable bonds is 3. The average molecular weight is 236 g/mol. The lowest BCUT2D eigenvalue weighted by molar-refractivity contribution is 1.14. The van der Waals surface area contributed by atoms with Crippen LogP contribution in [0.5, 0.6) is 0 Å². The van der Waals surface area contributed by atoms with Gasteiger partial charge in [0.1, 0.15) is 6.07 Å². The summed E-state index contributed by atoms with van der Waals surface area (Å²) in [6.45, 7) is 4.84. The van der Waals surface area contributed by atoms with Crippen molar-refractivity contribution in [3.05, 3.63) is 64.7 Å². The maximum absolute atomic E-state index is 9.05. The zero-order valence-electron chi connectivity index (χ0n) is 10.7. The van der Waals surface area contributed by atoms with Gasteiger partial charge < -0.3 is 5.32 Å². The highest BCUT2D eigenvalue weighted by molar-refractivity contribution is 5.58. The Kier molecular flexibility index (Phi) is 3.64. The summed E-state index contributed by atoms with van der Waals surface area (Å²) in [4.78, 5) is 0. The quantitative estimate of drug-likeness (QED) is 0.880. The smallest absolute Gasteiger partial charge is 0.101 e. The Morgan fingerprint density at radius 2 is 1.67 bits per heavy atom. The Bertz CT molecular complexity index is 577. The van der Waals surface area contributed by atoms with Gasteiger partial charge in [0.05, 0.1) is 11.3 Å². The van der Waals surface area contributed by atoms with E-state index in [0.717, 1.165) is 17.8 Å². The minimum absolute atomic E-state index is 0.688. The highest BCUT2D eigenvalue weighted by Crippen LogP contribution is 2.17. The van der Waals surface area contributed by atoms with Crippen molar-refractivity contribution in [2.24, 2.45) is 0 Å². The minimum atomic E-state index is 0.688. The van der Waals surface area contributed by atoms with Gasteiger partial charge in [-0.15, -0.1) is 0 Å². The highest BCUT2D eigenvalue weighted by Gasteiger charge is 2.01. The molecule has 0 saturated carbocycles. The molecule has 0 bridgehead atoms. The van der Waals surface area contributed by atoms with Crippen molar-refractivity contribution in [1.82, 2.24) is 0 Å². The van der Waals surface area contributed by atoms with E-state index in [0.29, 0.717) is 5.56 Å². The first-order valence-corrected chi connectivity index (χ1v) is 5.99. The number of hydrogen-bond donors (Lipinski definition) is 1. The summed E-state index contributed by atoms with van der Waals surface area (Å²) in [5.74, 6) is 0. The molecule has 2 aromatic carbocycles. The molecule has 0 aliphatic heterocycles. The maximum Gasteiger partial charge on any atom is 0.101 e. The van der Waals surface area contributed by atoms with Gasteiger partial charge in [0.15, 0.2) is 0 Å². The van der Waals surface area contributed by atoms with Gasteiger partial charge in [0.25, 0.3) is 0 Å². The third-order valence-corrected chi connectivity index (χ3v) is 2.90. The van der Waals surface area contributed by atoms with Gasteiger partial charge in [0, 0.05) is 6.54 Å². The molecule has 1 N–H and O–H groups in total. The van der Waals surface area contributed by atoms with Crippen molar-refractivity contribution in [1.29, 1.82) is 5.26 Å². The van der Waals surface area contributed by atoms with Crippen molar-refractivity contribution < 1.29 is 0 Å². The predicted octanol–water partition coefficient (Wildman–Crippen LogP) is 3.79. The zero-order chi connectivity index (χ0) is 13.0. The first-order valence-electron chi connectivity index (χ1n) is 5.99. The van der Waals surface area contributed by atoms with Gasteiger partial charge >= 0.3 is 0 Å². The van der Waals surface area contributed by atoms with Crippen LogP contribution in [-0.2, 0) is 6.54 Å². The fraction of sp³-hybridized carbons (Fsp3) is 0.188. The number of nitrogens with zero attached hydrogens (tertiary/aromatic N) is 1. The molecule has 0 unspecified atom stereocenters. The van der Waals surface area contributed by atoms with Crippen molar-refractivity contribution in [3.8, 4) is 6.07 Å². The van der Waals surface area contributed by atoms with Crippen molar-refractivity contribution in [3.63, 3.8) is 0 Å². The molecular weight excluding hydrogens is 220 g/mol. The fourth-order valence-electron chi connectivity index (χ4n) is 1.81. The Hall–Kier alpha value is -2.27. The van der Waals surface area contributed by atoms with Crippen LogP contribution in [0.2, 0.25) is 0 Å². The molecule has 0 spiro atoms. The summed E-state index contributed by atoms with van der Waals surface area (Å²) >= 11 is 0.